The van der Waals surface area contributed by atoms with Gasteiger partial charge in [0.15, 0.2) is 11.2 Å². The van der Waals surface area contributed by atoms with Gasteiger partial charge >= 0.3 is 5.97 Å². The molecule has 0 aromatic carbocycles. The largest absolute Gasteiger partial charge is 0.478 e. The quantitative estimate of drug-likeness (QED) is 0.485. The first-order valence-electron chi connectivity index (χ1n) is 8.05. The first-order valence-corrected chi connectivity index (χ1v) is 8.05. The van der Waals surface area contributed by atoms with E-state index in [2.05, 4.69) is 4.98 Å². The van der Waals surface area contributed by atoms with Gasteiger partial charge in [-0.25, -0.2) is 4.98 Å². The van der Waals surface area contributed by atoms with E-state index in [1.165, 1.54) is 0 Å². The van der Waals surface area contributed by atoms with Crippen LogP contribution < -0.4 is 4.74 Å². The molecule has 0 saturated carbocycles. The van der Waals surface area contributed by atoms with Crippen LogP contribution in [0.25, 0.3) is 0 Å². The Morgan fingerprint density at radius 3 is 2.83 bits per heavy atom. The number of hydrogen-bond donors (Lipinski definition) is 0. The number of nitrogens with zero attached hydrogens (tertiary/aromatic N) is 1. The molecule has 0 spiro atoms. The topological polar surface area (TPSA) is 65.5 Å². The van der Waals surface area contributed by atoms with Crippen molar-refractivity contribution < 1.29 is 19.1 Å². The van der Waals surface area contributed by atoms with Crippen LogP contribution in [0.3, 0.4) is 0 Å². The van der Waals surface area contributed by atoms with Crippen molar-refractivity contribution in [3.8, 4) is 5.88 Å². The molecule has 3 rings (SSSR count). The zero-order valence-corrected chi connectivity index (χ0v) is 13.7. The van der Waals surface area contributed by atoms with Crippen LogP contribution in [0.2, 0.25) is 0 Å². The minimum atomic E-state index is -1.25. The molecule has 0 amide bonds. The molecule has 23 heavy (non-hydrogen) atoms. The van der Waals surface area contributed by atoms with Gasteiger partial charge in [-0.15, -0.1) is 0 Å². The van der Waals surface area contributed by atoms with Gasteiger partial charge in [-0.05, 0) is 32.8 Å². The lowest BCUT2D eigenvalue weighted by Gasteiger charge is -2.41. The maximum absolute atomic E-state index is 13.0. The number of fused-ring (bicyclic) bond motifs is 4. The van der Waals surface area contributed by atoms with E-state index in [0.717, 1.165) is 11.3 Å². The van der Waals surface area contributed by atoms with Crippen molar-refractivity contribution in [2.45, 2.75) is 39.0 Å². The van der Waals surface area contributed by atoms with E-state index < -0.39 is 11.4 Å². The molecule has 2 aliphatic carbocycles. The number of esters is 1. The maximum atomic E-state index is 13.0. The van der Waals surface area contributed by atoms with E-state index >= 15 is 0 Å². The van der Waals surface area contributed by atoms with Crippen LogP contribution in [0.15, 0.2) is 23.8 Å². The molecule has 0 radical (unpaired) electrons. The fourth-order valence-electron chi connectivity index (χ4n) is 3.68. The minimum absolute atomic E-state index is 0.0694. The second-order valence-electron chi connectivity index (χ2n) is 6.07. The smallest absolute Gasteiger partial charge is 0.324 e. The lowest BCUT2D eigenvalue weighted by molar-refractivity contribution is -0.156. The molecule has 1 heterocycles. The molecule has 0 aliphatic heterocycles. The number of hydrogen-bond acceptors (Lipinski definition) is 5. The standard InChI is InChI=1S/C18H21NO4/c1-4-22-15-7-6-13-14(19-15)9-12-8-11(3)10-18(13,16(12)20)17(21)23-5-2/h6-8,12H,4-5,9-10H2,1-3H3/t12-,18-/m0/s1. The SMILES string of the molecule is CCOC(=O)[C@@]12CC(C)=C[C@@H](Cc3nc(OCC)ccc31)C2=O. The summed E-state index contributed by atoms with van der Waals surface area (Å²) >= 11 is 0. The average molecular weight is 315 g/mol. The van der Waals surface area contributed by atoms with Crippen LogP contribution in [0.1, 0.15) is 38.4 Å². The van der Waals surface area contributed by atoms with Crippen LogP contribution >= 0.6 is 0 Å². The van der Waals surface area contributed by atoms with Crippen LogP contribution in [0, 0.1) is 5.92 Å². The molecule has 2 aliphatic rings. The summed E-state index contributed by atoms with van der Waals surface area (Å²) in [5.74, 6) is -0.321. The van der Waals surface area contributed by atoms with Crippen molar-refractivity contribution in [3.05, 3.63) is 35.0 Å². The molecule has 0 saturated heterocycles. The predicted molar refractivity (Wildman–Crippen MR) is 84.3 cm³/mol. The van der Waals surface area contributed by atoms with Gasteiger partial charge in [0.1, 0.15) is 0 Å². The van der Waals surface area contributed by atoms with Crippen molar-refractivity contribution in [1.29, 1.82) is 0 Å². The molecule has 5 heteroatoms. The summed E-state index contributed by atoms with van der Waals surface area (Å²) in [5.41, 5.74) is 1.23. The van der Waals surface area contributed by atoms with Crippen molar-refractivity contribution in [1.82, 2.24) is 4.98 Å². The van der Waals surface area contributed by atoms with Crippen molar-refractivity contribution in [2.75, 3.05) is 13.2 Å². The highest BCUT2D eigenvalue weighted by Gasteiger charge is 2.56. The van der Waals surface area contributed by atoms with Gasteiger partial charge in [-0.3, -0.25) is 9.59 Å². The Morgan fingerprint density at radius 1 is 1.35 bits per heavy atom. The van der Waals surface area contributed by atoms with Gasteiger partial charge in [0.2, 0.25) is 5.88 Å². The first-order chi connectivity index (χ1) is 11.0. The Hall–Kier alpha value is -2.17. The number of carbonyl (C=O) groups excluding carboxylic acids is 2. The molecule has 2 atom stereocenters. The van der Waals surface area contributed by atoms with E-state index in [-0.39, 0.29) is 18.3 Å². The Labute approximate surface area is 135 Å². The molecular weight excluding hydrogens is 294 g/mol. The van der Waals surface area contributed by atoms with Gasteiger partial charge in [-0.1, -0.05) is 17.7 Å². The van der Waals surface area contributed by atoms with Gasteiger partial charge in [0.25, 0.3) is 0 Å². The lowest BCUT2D eigenvalue weighted by atomic mass is 9.60. The summed E-state index contributed by atoms with van der Waals surface area (Å²) in [6.07, 6.45) is 2.83. The average Bonchev–Trinajstić information content (AvgIpc) is 2.50. The highest BCUT2D eigenvalue weighted by molar-refractivity contribution is 6.13. The Morgan fingerprint density at radius 2 is 2.13 bits per heavy atom. The monoisotopic (exact) mass is 315 g/mol. The molecule has 1 aromatic heterocycles. The lowest BCUT2D eigenvalue weighted by Crippen LogP contribution is -2.53. The second kappa shape index (κ2) is 5.80. The van der Waals surface area contributed by atoms with Crippen molar-refractivity contribution >= 4 is 11.8 Å². The van der Waals surface area contributed by atoms with E-state index in [4.69, 9.17) is 9.47 Å². The van der Waals surface area contributed by atoms with Crippen molar-refractivity contribution in [2.24, 2.45) is 5.92 Å². The zero-order valence-electron chi connectivity index (χ0n) is 13.7. The van der Waals surface area contributed by atoms with E-state index in [0.29, 0.717) is 30.9 Å². The summed E-state index contributed by atoms with van der Waals surface area (Å²) in [6, 6.07) is 3.53. The van der Waals surface area contributed by atoms with E-state index in [9.17, 15) is 9.59 Å². The summed E-state index contributed by atoms with van der Waals surface area (Å²) in [7, 11) is 0. The first kappa shape index (κ1) is 15.7. The van der Waals surface area contributed by atoms with Crippen LogP contribution in [-0.4, -0.2) is 30.0 Å². The number of pyridine rings is 1. The molecule has 122 valence electrons. The highest BCUT2D eigenvalue weighted by atomic mass is 16.5. The number of allylic oxidation sites excluding steroid dienone is 2. The van der Waals surface area contributed by atoms with Gasteiger partial charge in [0.05, 0.1) is 18.9 Å². The Bertz CT molecular complexity index is 694. The summed E-state index contributed by atoms with van der Waals surface area (Å²) in [6.45, 7) is 6.38. The van der Waals surface area contributed by atoms with Crippen LogP contribution in [-0.2, 0) is 26.2 Å². The molecule has 0 fully saturated rings. The zero-order chi connectivity index (χ0) is 16.6. The number of Topliss-reactive ketones (excluding diaryl/α,β-unsaturated/α-hetero) is 1. The normalized spacial score (nSPS) is 25.4. The van der Waals surface area contributed by atoms with Gasteiger partial charge < -0.3 is 9.47 Å². The number of ether oxygens (including phenoxy) is 2. The molecule has 0 unspecified atom stereocenters. The van der Waals surface area contributed by atoms with Crippen molar-refractivity contribution in [3.63, 3.8) is 0 Å². The molecular formula is C18H21NO4. The molecule has 2 bridgehead atoms. The fraction of sp³-hybridized carbons (Fsp3) is 0.500. The molecule has 0 N–H and O–H groups in total. The number of carbonyl (C=O) groups is 2. The predicted octanol–water partition coefficient (Wildman–Crippen LogP) is 2.37. The number of rotatable bonds is 4. The fourth-order valence-corrected chi connectivity index (χ4v) is 3.68. The summed E-state index contributed by atoms with van der Waals surface area (Å²) < 4.78 is 10.7. The number of aromatic nitrogens is 1. The third-order valence-electron chi connectivity index (χ3n) is 4.52. The third kappa shape index (κ3) is 2.35. The van der Waals surface area contributed by atoms with E-state index in [1.807, 2.05) is 19.9 Å². The van der Waals surface area contributed by atoms with Gasteiger partial charge in [0, 0.05) is 18.4 Å². The minimum Gasteiger partial charge on any atom is -0.478 e. The molecule has 5 nitrogen and oxygen atoms in total. The van der Waals surface area contributed by atoms with E-state index in [1.54, 1.807) is 19.1 Å². The third-order valence-corrected chi connectivity index (χ3v) is 4.52. The summed E-state index contributed by atoms with van der Waals surface area (Å²) in [5, 5.41) is 0. The number of ketones is 1. The maximum Gasteiger partial charge on any atom is 0.324 e. The van der Waals surface area contributed by atoms with Crippen LogP contribution in [0.4, 0.5) is 0 Å². The highest BCUT2D eigenvalue weighted by Crippen LogP contribution is 2.46. The molecule has 1 aromatic rings. The summed E-state index contributed by atoms with van der Waals surface area (Å²) in [4.78, 5) is 30.2. The second-order valence-corrected chi connectivity index (χ2v) is 6.07. The Kier molecular flexibility index (Phi) is 3.96. The van der Waals surface area contributed by atoms with Crippen LogP contribution in [0.5, 0.6) is 5.88 Å². The Balaban J connectivity index is 2.16. The van der Waals surface area contributed by atoms with Gasteiger partial charge in [-0.2, -0.15) is 0 Å².